The number of nitrogens with two attached hydrogens (primary N) is 1. The van der Waals surface area contributed by atoms with Crippen LogP contribution in [0.15, 0.2) is 18.2 Å². The van der Waals surface area contributed by atoms with E-state index in [1.807, 2.05) is 6.07 Å². The molecular formula is C15H22N2OS. The Hall–Kier alpha value is -1.13. The molecule has 2 N–H and O–H groups in total. The van der Waals surface area contributed by atoms with Gasteiger partial charge in [0.05, 0.1) is 6.61 Å². The number of rotatable bonds is 4. The lowest BCUT2D eigenvalue weighted by molar-refractivity contribution is 0.0576. The third kappa shape index (κ3) is 3.67. The molecule has 0 spiro atoms. The molecule has 0 aromatic heterocycles. The topological polar surface area (TPSA) is 38.5 Å². The third-order valence-electron chi connectivity index (χ3n) is 3.62. The molecule has 4 heteroatoms. The third-order valence-corrected chi connectivity index (χ3v) is 3.84. The van der Waals surface area contributed by atoms with Crippen molar-refractivity contribution in [1.82, 2.24) is 0 Å². The highest BCUT2D eigenvalue weighted by atomic mass is 32.1. The molecule has 1 unspecified atom stereocenters. The van der Waals surface area contributed by atoms with Crippen LogP contribution in [0.4, 0.5) is 5.69 Å². The number of thiocarbonyl (C=S) groups is 1. The largest absolute Gasteiger partial charge is 0.389 e. The van der Waals surface area contributed by atoms with E-state index in [-0.39, 0.29) is 0 Å². The Labute approximate surface area is 120 Å². The zero-order valence-electron chi connectivity index (χ0n) is 11.7. The number of ether oxygens (including phenoxy) is 1. The first kappa shape index (κ1) is 14.3. The fourth-order valence-corrected chi connectivity index (χ4v) is 2.78. The summed E-state index contributed by atoms with van der Waals surface area (Å²) in [5, 5.41) is 0. The zero-order chi connectivity index (χ0) is 13.8. The molecule has 1 saturated heterocycles. The molecule has 0 saturated carbocycles. The Bertz CT molecular complexity index is 455. The molecular weight excluding hydrogens is 256 g/mol. The van der Waals surface area contributed by atoms with E-state index < -0.39 is 0 Å². The Kier molecular flexibility index (Phi) is 4.77. The van der Waals surface area contributed by atoms with Crippen molar-refractivity contribution in [2.24, 2.45) is 11.7 Å². The van der Waals surface area contributed by atoms with Gasteiger partial charge in [-0.3, -0.25) is 0 Å². The lowest BCUT2D eigenvalue weighted by Gasteiger charge is -2.29. The van der Waals surface area contributed by atoms with E-state index in [4.69, 9.17) is 22.7 Å². The molecule has 1 aliphatic heterocycles. The molecule has 1 heterocycles. The van der Waals surface area contributed by atoms with Crippen molar-refractivity contribution in [3.8, 4) is 0 Å². The minimum absolute atomic E-state index is 0.460. The van der Waals surface area contributed by atoms with E-state index in [2.05, 4.69) is 31.0 Å². The van der Waals surface area contributed by atoms with Crippen LogP contribution in [-0.2, 0) is 4.74 Å². The van der Waals surface area contributed by atoms with Crippen LogP contribution < -0.4 is 10.6 Å². The minimum Gasteiger partial charge on any atom is -0.389 e. The summed E-state index contributed by atoms with van der Waals surface area (Å²) >= 11 is 5.14. The van der Waals surface area contributed by atoms with Crippen LogP contribution in [0.25, 0.3) is 0 Å². The van der Waals surface area contributed by atoms with Gasteiger partial charge in [0, 0.05) is 31.5 Å². The highest BCUT2D eigenvalue weighted by Gasteiger charge is 2.18. The number of nitrogens with zero attached hydrogens (tertiary/aromatic N) is 1. The fourth-order valence-electron chi connectivity index (χ4n) is 2.60. The minimum atomic E-state index is 0.460. The molecule has 1 fully saturated rings. The number of benzene rings is 1. The molecule has 0 amide bonds. The monoisotopic (exact) mass is 278 g/mol. The van der Waals surface area contributed by atoms with Crippen molar-refractivity contribution in [2.45, 2.75) is 19.8 Å². The van der Waals surface area contributed by atoms with Crippen LogP contribution >= 0.6 is 12.2 Å². The Morgan fingerprint density at radius 1 is 1.53 bits per heavy atom. The van der Waals surface area contributed by atoms with Crippen LogP contribution in [0.5, 0.6) is 0 Å². The number of aryl methyl sites for hydroxylation is 1. The summed E-state index contributed by atoms with van der Waals surface area (Å²) in [7, 11) is 2.10. The number of anilines is 1. The maximum absolute atomic E-state index is 5.82. The SMILES string of the molecule is Cc1ccc(C(N)=S)c(N(C)CC2CCCOC2)c1. The van der Waals surface area contributed by atoms with E-state index in [9.17, 15) is 0 Å². The average Bonchev–Trinajstić information content (AvgIpc) is 2.39. The van der Waals surface area contributed by atoms with E-state index in [1.165, 1.54) is 12.0 Å². The average molecular weight is 278 g/mol. The summed E-state index contributed by atoms with van der Waals surface area (Å²) in [6.45, 7) is 4.84. The van der Waals surface area contributed by atoms with E-state index in [0.29, 0.717) is 10.9 Å². The van der Waals surface area contributed by atoms with Gasteiger partial charge in [0.2, 0.25) is 0 Å². The molecule has 3 nitrogen and oxygen atoms in total. The first-order valence-electron chi connectivity index (χ1n) is 6.77. The van der Waals surface area contributed by atoms with Crippen molar-refractivity contribution in [2.75, 3.05) is 31.7 Å². The second-order valence-corrected chi connectivity index (χ2v) is 5.79. The van der Waals surface area contributed by atoms with Crippen LogP contribution in [-0.4, -0.2) is 31.8 Å². The fraction of sp³-hybridized carbons (Fsp3) is 0.533. The molecule has 1 aromatic carbocycles. The molecule has 0 radical (unpaired) electrons. The predicted molar refractivity (Wildman–Crippen MR) is 83.9 cm³/mol. The molecule has 1 aromatic rings. The normalized spacial score (nSPS) is 19.2. The van der Waals surface area contributed by atoms with Crippen molar-refractivity contribution < 1.29 is 4.74 Å². The second-order valence-electron chi connectivity index (χ2n) is 5.35. The van der Waals surface area contributed by atoms with Crippen LogP contribution in [0.2, 0.25) is 0 Å². The predicted octanol–water partition coefficient (Wildman–Crippen LogP) is 2.49. The van der Waals surface area contributed by atoms with E-state index >= 15 is 0 Å². The van der Waals surface area contributed by atoms with E-state index in [1.54, 1.807) is 0 Å². The first-order chi connectivity index (χ1) is 9.08. The van der Waals surface area contributed by atoms with Crippen LogP contribution in [0.3, 0.4) is 0 Å². The molecule has 19 heavy (non-hydrogen) atoms. The van der Waals surface area contributed by atoms with Crippen molar-refractivity contribution in [3.05, 3.63) is 29.3 Å². The van der Waals surface area contributed by atoms with Crippen molar-refractivity contribution in [3.63, 3.8) is 0 Å². The van der Waals surface area contributed by atoms with Crippen LogP contribution in [0.1, 0.15) is 24.0 Å². The lowest BCUT2D eigenvalue weighted by atomic mass is 10.0. The molecule has 1 aliphatic rings. The van der Waals surface area contributed by atoms with Gasteiger partial charge >= 0.3 is 0 Å². The van der Waals surface area contributed by atoms with Gasteiger partial charge in [0.25, 0.3) is 0 Å². The summed E-state index contributed by atoms with van der Waals surface area (Å²) in [5.74, 6) is 0.596. The summed E-state index contributed by atoms with van der Waals surface area (Å²) < 4.78 is 5.54. The van der Waals surface area contributed by atoms with Gasteiger partial charge in [-0.15, -0.1) is 0 Å². The molecule has 0 aliphatic carbocycles. The second kappa shape index (κ2) is 6.35. The first-order valence-corrected chi connectivity index (χ1v) is 7.18. The summed E-state index contributed by atoms with van der Waals surface area (Å²) in [6.07, 6.45) is 2.40. The summed E-state index contributed by atoms with van der Waals surface area (Å²) in [4.78, 5) is 2.71. The van der Waals surface area contributed by atoms with Gasteiger partial charge in [-0.25, -0.2) is 0 Å². The Morgan fingerprint density at radius 2 is 2.32 bits per heavy atom. The maximum Gasteiger partial charge on any atom is 0.106 e. The van der Waals surface area contributed by atoms with E-state index in [0.717, 1.165) is 37.4 Å². The van der Waals surface area contributed by atoms with Crippen LogP contribution in [0, 0.1) is 12.8 Å². The highest BCUT2D eigenvalue weighted by Crippen LogP contribution is 2.24. The molecule has 2 rings (SSSR count). The van der Waals surface area contributed by atoms with Gasteiger partial charge in [-0.05, 0) is 43.4 Å². The van der Waals surface area contributed by atoms with Gasteiger partial charge in [-0.2, -0.15) is 0 Å². The van der Waals surface area contributed by atoms with Gasteiger partial charge < -0.3 is 15.4 Å². The number of hydrogen-bond acceptors (Lipinski definition) is 3. The highest BCUT2D eigenvalue weighted by molar-refractivity contribution is 7.80. The molecule has 0 bridgehead atoms. The summed E-state index contributed by atoms with van der Waals surface area (Å²) in [6, 6.07) is 6.22. The summed E-state index contributed by atoms with van der Waals surface area (Å²) in [5.41, 5.74) is 9.12. The zero-order valence-corrected chi connectivity index (χ0v) is 12.5. The Balaban J connectivity index is 2.14. The smallest absolute Gasteiger partial charge is 0.106 e. The maximum atomic E-state index is 5.82. The lowest BCUT2D eigenvalue weighted by Crippen LogP contribution is -2.32. The standard InChI is InChI=1S/C15H22N2OS/c1-11-5-6-13(15(16)19)14(8-11)17(2)9-12-4-3-7-18-10-12/h5-6,8,12H,3-4,7,9-10H2,1-2H3,(H2,16,19). The van der Waals surface area contributed by atoms with Crippen molar-refractivity contribution in [1.29, 1.82) is 0 Å². The quantitative estimate of drug-likeness (QED) is 0.859. The van der Waals surface area contributed by atoms with Crippen molar-refractivity contribution >= 4 is 22.9 Å². The van der Waals surface area contributed by atoms with Gasteiger partial charge in [0.15, 0.2) is 0 Å². The van der Waals surface area contributed by atoms with Gasteiger partial charge in [0.1, 0.15) is 4.99 Å². The van der Waals surface area contributed by atoms with Gasteiger partial charge in [-0.1, -0.05) is 18.3 Å². The number of hydrogen-bond donors (Lipinski definition) is 1. The Morgan fingerprint density at radius 3 is 2.95 bits per heavy atom. The molecule has 104 valence electrons. The molecule has 1 atom stereocenters.